The maximum absolute atomic E-state index is 12.9. The van der Waals surface area contributed by atoms with Gasteiger partial charge in [-0.15, -0.1) is 0 Å². The maximum Gasteiger partial charge on any atom is 0.251 e. The smallest absolute Gasteiger partial charge is 0.251 e. The zero-order valence-corrected chi connectivity index (χ0v) is 17.1. The zero-order chi connectivity index (χ0) is 20.7. The Morgan fingerprint density at radius 3 is 2.60 bits per heavy atom. The van der Waals surface area contributed by atoms with Crippen LogP contribution in [0.2, 0.25) is 0 Å². The van der Waals surface area contributed by atoms with E-state index in [1.54, 1.807) is 4.90 Å². The van der Waals surface area contributed by atoms with Crippen LogP contribution >= 0.6 is 0 Å². The molecule has 30 heavy (non-hydrogen) atoms. The van der Waals surface area contributed by atoms with Crippen molar-refractivity contribution in [2.75, 3.05) is 11.9 Å². The normalized spacial score (nSPS) is 22.5. The number of carbonyl (C=O) groups excluding carboxylic acids is 2. The molecule has 1 aliphatic carbocycles. The second kappa shape index (κ2) is 7.35. The highest BCUT2D eigenvalue weighted by Gasteiger charge is 2.44. The van der Waals surface area contributed by atoms with E-state index in [9.17, 15) is 9.59 Å². The number of nitrogens with one attached hydrogen (secondary N) is 1. The fourth-order valence-corrected chi connectivity index (χ4v) is 4.73. The van der Waals surface area contributed by atoms with Gasteiger partial charge in [0.25, 0.3) is 5.79 Å². The molecular weight excluding hydrogens is 380 g/mol. The van der Waals surface area contributed by atoms with Crippen LogP contribution in [0.4, 0.5) is 5.69 Å². The largest absolute Gasteiger partial charge is 0.448 e. The molecule has 2 aliphatic heterocycles. The van der Waals surface area contributed by atoms with Crippen LogP contribution in [-0.2, 0) is 9.59 Å². The lowest BCUT2D eigenvalue weighted by Crippen LogP contribution is -2.34. The Bertz CT molecular complexity index is 968. The highest BCUT2D eigenvalue weighted by molar-refractivity contribution is 5.97. The first-order chi connectivity index (χ1) is 14.5. The molecule has 2 aromatic rings. The minimum Gasteiger partial charge on any atom is -0.448 e. The predicted octanol–water partition coefficient (Wildman–Crippen LogP) is 4.28. The fourth-order valence-electron chi connectivity index (χ4n) is 4.73. The summed E-state index contributed by atoms with van der Waals surface area (Å²) in [7, 11) is 0. The number of anilines is 1. The number of nitrogens with zero attached hydrogens (tertiary/aromatic N) is 1. The summed E-state index contributed by atoms with van der Waals surface area (Å²) < 4.78 is 12.1. The molecule has 1 N–H and O–H groups in total. The zero-order valence-electron chi connectivity index (χ0n) is 17.1. The molecule has 2 atom stereocenters. The molecule has 6 heteroatoms. The van der Waals surface area contributed by atoms with Crippen LogP contribution in [0.5, 0.6) is 11.5 Å². The lowest BCUT2D eigenvalue weighted by atomic mass is 10.1. The molecule has 156 valence electrons. The predicted molar refractivity (Wildman–Crippen MR) is 112 cm³/mol. The number of fused-ring (bicyclic) bond motifs is 1. The highest BCUT2D eigenvalue weighted by Crippen LogP contribution is 2.47. The Hall–Kier alpha value is -3.02. The summed E-state index contributed by atoms with van der Waals surface area (Å²) in [4.78, 5) is 27.2. The molecule has 2 aromatic carbocycles. The first kappa shape index (κ1) is 19.0. The molecule has 2 unspecified atom stereocenters. The van der Waals surface area contributed by atoms with Gasteiger partial charge in [-0.3, -0.25) is 9.59 Å². The van der Waals surface area contributed by atoms with E-state index in [0.717, 1.165) is 37.0 Å². The molecule has 3 aliphatic rings. The van der Waals surface area contributed by atoms with Crippen LogP contribution in [0.1, 0.15) is 50.6 Å². The van der Waals surface area contributed by atoms with Crippen molar-refractivity contribution in [3.05, 3.63) is 54.1 Å². The van der Waals surface area contributed by atoms with E-state index >= 15 is 0 Å². The molecule has 5 rings (SSSR count). The second-order valence-electron chi connectivity index (χ2n) is 8.51. The van der Waals surface area contributed by atoms with Crippen LogP contribution in [0, 0.1) is 5.92 Å². The summed E-state index contributed by atoms with van der Waals surface area (Å²) in [5.74, 6) is 0.401. The van der Waals surface area contributed by atoms with Crippen molar-refractivity contribution in [2.24, 2.45) is 5.92 Å². The van der Waals surface area contributed by atoms with Crippen molar-refractivity contribution in [2.45, 2.75) is 50.9 Å². The fraction of sp³-hybridized carbons (Fsp3) is 0.417. The number of rotatable bonds is 4. The molecule has 2 fully saturated rings. The Morgan fingerprint density at radius 2 is 1.83 bits per heavy atom. The maximum atomic E-state index is 12.9. The minimum absolute atomic E-state index is 0.0142. The van der Waals surface area contributed by atoms with Crippen molar-refractivity contribution in [3.63, 3.8) is 0 Å². The Balaban J connectivity index is 1.24. The molecule has 0 radical (unpaired) electrons. The van der Waals surface area contributed by atoms with E-state index in [2.05, 4.69) is 5.32 Å². The summed E-state index contributed by atoms with van der Waals surface area (Å²) in [6.45, 7) is 2.43. The van der Waals surface area contributed by atoms with Crippen LogP contribution in [0.25, 0.3) is 0 Å². The lowest BCUT2D eigenvalue weighted by molar-refractivity contribution is -0.129. The van der Waals surface area contributed by atoms with Gasteiger partial charge in [-0.05, 0) is 37.5 Å². The van der Waals surface area contributed by atoms with Gasteiger partial charge in [-0.25, -0.2) is 0 Å². The summed E-state index contributed by atoms with van der Waals surface area (Å²) in [5.41, 5.74) is 1.74. The number of benzene rings is 2. The number of hydrogen-bond donors (Lipinski definition) is 1. The van der Waals surface area contributed by atoms with Crippen molar-refractivity contribution >= 4 is 17.5 Å². The van der Waals surface area contributed by atoms with Crippen molar-refractivity contribution in [1.82, 2.24) is 4.90 Å². The van der Waals surface area contributed by atoms with Gasteiger partial charge in [0.2, 0.25) is 11.8 Å². The van der Waals surface area contributed by atoms with Gasteiger partial charge in [0.05, 0.1) is 12.0 Å². The molecule has 2 heterocycles. The topological polar surface area (TPSA) is 67.9 Å². The van der Waals surface area contributed by atoms with Crippen molar-refractivity contribution in [3.8, 4) is 11.5 Å². The average Bonchev–Trinajstić information content (AvgIpc) is 3.46. The molecule has 6 nitrogen and oxygen atoms in total. The van der Waals surface area contributed by atoms with Gasteiger partial charge in [-0.1, -0.05) is 30.3 Å². The number of ether oxygens (including phenoxy) is 2. The average molecular weight is 406 g/mol. The van der Waals surface area contributed by atoms with E-state index in [1.807, 2.05) is 55.5 Å². The van der Waals surface area contributed by atoms with Crippen LogP contribution in [-0.4, -0.2) is 29.0 Å². The van der Waals surface area contributed by atoms with Crippen molar-refractivity contribution in [1.29, 1.82) is 0 Å². The molecule has 1 saturated heterocycles. The standard InChI is InChI=1S/C24H26N2O4/c1-16(17-7-3-2-4-8-17)26-15-18(13-22(26)27)23(28)25-19-9-10-20-21(14-19)30-24(29-20)11-5-6-12-24/h2-4,7-10,14,16,18H,5-6,11-13,15H2,1H3,(H,25,28). The summed E-state index contributed by atoms with van der Waals surface area (Å²) in [6.07, 6.45) is 4.22. The highest BCUT2D eigenvalue weighted by atomic mass is 16.7. The van der Waals surface area contributed by atoms with Gasteiger partial charge in [-0.2, -0.15) is 0 Å². The van der Waals surface area contributed by atoms with Crippen molar-refractivity contribution < 1.29 is 19.1 Å². The summed E-state index contributed by atoms with van der Waals surface area (Å²) >= 11 is 0. The molecule has 0 aromatic heterocycles. The summed E-state index contributed by atoms with van der Waals surface area (Å²) in [6, 6.07) is 15.3. The number of carbonyl (C=O) groups is 2. The molecule has 1 spiro atoms. The van der Waals surface area contributed by atoms with E-state index in [4.69, 9.17) is 9.47 Å². The third-order valence-electron chi connectivity index (χ3n) is 6.45. The van der Waals surface area contributed by atoms with Gasteiger partial charge in [0.1, 0.15) is 0 Å². The van der Waals surface area contributed by atoms with Gasteiger partial charge in [0, 0.05) is 37.6 Å². The van der Waals surface area contributed by atoms with Gasteiger partial charge in [0.15, 0.2) is 11.5 Å². The van der Waals surface area contributed by atoms with E-state index in [0.29, 0.717) is 18.0 Å². The monoisotopic (exact) mass is 406 g/mol. The summed E-state index contributed by atoms with van der Waals surface area (Å²) in [5, 5.41) is 2.96. The first-order valence-electron chi connectivity index (χ1n) is 10.7. The molecular formula is C24H26N2O4. The number of hydrogen-bond acceptors (Lipinski definition) is 4. The minimum atomic E-state index is -0.517. The Morgan fingerprint density at radius 1 is 1.10 bits per heavy atom. The third-order valence-corrected chi connectivity index (χ3v) is 6.45. The molecule has 2 amide bonds. The number of amides is 2. The van der Waals surface area contributed by atoms with Crippen LogP contribution in [0.15, 0.2) is 48.5 Å². The Labute approximate surface area is 176 Å². The quantitative estimate of drug-likeness (QED) is 0.823. The lowest BCUT2D eigenvalue weighted by Gasteiger charge is -2.25. The van der Waals surface area contributed by atoms with Gasteiger partial charge < -0.3 is 19.7 Å². The van der Waals surface area contributed by atoms with Gasteiger partial charge >= 0.3 is 0 Å². The van der Waals surface area contributed by atoms with E-state index in [-0.39, 0.29) is 30.2 Å². The van der Waals surface area contributed by atoms with Crippen LogP contribution < -0.4 is 14.8 Å². The second-order valence-corrected chi connectivity index (χ2v) is 8.51. The SMILES string of the molecule is CC(c1ccccc1)N1CC(C(=O)Nc2ccc3c(c2)OC2(CCCC2)O3)CC1=O. The molecule has 0 bridgehead atoms. The Kier molecular flexibility index (Phi) is 4.65. The van der Waals surface area contributed by atoms with E-state index < -0.39 is 5.79 Å². The molecule has 1 saturated carbocycles. The third kappa shape index (κ3) is 3.40. The van der Waals surface area contributed by atoms with Crippen LogP contribution in [0.3, 0.4) is 0 Å². The first-order valence-corrected chi connectivity index (χ1v) is 10.7. The number of likely N-dealkylation sites (tertiary alicyclic amines) is 1. The van der Waals surface area contributed by atoms with E-state index in [1.165, 1.54) is 0 Å².